The molecule has 5 nitrogen and oxygen atoms in total. The Hall–Kier alpha value is -3.73. The lowest BCUT2D eigenvalue weighted by Crippen LogP contribution is -2.06. The lowest BCUT2D eigenvalue weighted by molar-refractivity contribution is 0.709. The molecule has 0 spiro atoms. The summed E-state index contributed by atoms with van der Waals surface area (Å²) in [6.45, 7) is 4.17. The first kappa shape index (κ1) is 19.9. The van der Waals surface area contributed by atoms with E-state index in [0.29, 0.717) is 5.65 Å². The van der Waals surface area contributed by atoms with Crippen molar-refractivity contribution in [1.82, 2.24) is 19.7 Å². The molecule has 2 aromatic carbocycles. The second-order valence-corrected chi connectivity index (χ2v) is 9.09. The molecular formula is C28H27N5. The summed E-state index contributed by atoms with van der Waals surface area (Å²) in [6.07, 6.45) is 5.47. The lowest BCUT2D eigenvalue weighted by Gasteiger charge is -2.16. The molecule has 3 heterocycles. The number of nitrogens with zero attached hydrogens (tertiary/aromatic N) is 4. The van der Waals surface area contributed by atoms with Gasteiger partial charge in [0.05, 0.1) is 22.2 Å². The average molecular weight is 434 g/mol. The number of hydrogen-bond donors (Lipinski definition) is 1. The van der Waals surface area contributed by atoms with Gasteiger partial charge in [0.2, 0.25) is 0 Å². The van der Waals surface area contributed by atoms with Crippen molar-refractivity contribution < 1.29 is 0 Å². The van der Waals surface area contributed by atoms with Crippen LogP contribution in [-0.4, -0.2) is 19.7 Å². The van der Waals surface area contributed by atoms with Crippen LogP contribution in [0.1, 0.15) is 41.8 Å². The minimum atomic E-state index is 0.716. The molecule has 0 atom stereocenters. The minimum absolute atomic E-state index is 0.716. The van der Waals surface area contributed by atoms with Crippen molar-refractivity contribution in [3.05, 3.63) is 77.1 Å². The fourth-order valence-electron chi connectivity index (χ4n) is 5.16. The van der Waals surface area contributed by atoms with Gasteiger partial charge in [-0.05, 0) is 62.8 Å². The molecule has 0 bridgehead atoms. The van der Waals surface area contributed by atoms with E-state index in [4.69, 9.17) is 20.8 Å². The van der Waals surface area contributed by atoms with E-state index in [2.05, 4.69) is 50.2 Å². The van der Waals surface area contributed by atoms with Crippen LogP contribution in [0.15, 0.2) is 54.6 Å². The third-order valence-corrected chi connectivity index (χ3v) is 6.84. The molecular weight excluding hydrogens is 406 g/mol. The fourth-order valence-corrected chi connectivity index (χ4v) is 5.16. The van der Waals surface area contributed by atoms with E-state index in [1.807, 2.05) is 22.9 Å². The number of rotatable bonds is 2. The van der Waals surface area contributed by atoms with Gasteiger partial charge in [-0.25, -0.2) is 14.6 Å². The first-order valence-electron chi connectivity index (χ1n) is 11.7. The monoisotopic (exact) mass is 433 g/mol. The molecule has 1 aliphatic carbocycles. The van der Waals surface area contributed by atoms with Crippen LogP contribution in [0.5, 0.6) is 0 Å². The van der Waals surface area contributed by atoms with E-state index in [1.165, 1.54) is 17.5 Å². The third kappa shape index (κ3) is 3.18. The maximum absolute atomic E-state index is 6.93. The molecule has 5 heteroatoms. The van der Waals surface area contributed by atoms with E-state index in [0.717, 1.165) is 76.0 Å². The summed E-state index contributed by atoms with van der Waals surface area (Å²) < 4.78 is 1.94. The van der Waals surface area contributed by atoms with Crippen molar-refractivity contribution in [2.75, 3.05) is 5.73 Å². The van der Waals surface area contributed by atoms with E-state index in [1.54, 1.807) is 0 Å². The van der Waals surface area contributed by atoms with Crippen LogP contribution in [0.2, 0.25) is 0 Å². The highest BCUT2D eigenvalue weighted by Gasteiger charge is 2.24. The number of aromatic nitrogens is 4. The highest BCUT2D eigenvalue weighted by molar-refractivity contribution is 6.13. The smallest absolute Gasteiger partial charge is 0.166 e. The van der Waals surface area contributed by atoms with Gasteiger partial charge in [0.25, 0.3) is 0 Å². The van der Waals surface area contributed by atoms with Gasteiger partial charge in [-0.2, -0.15) is 5.10 Å². The van der Waals surface area contributed by atoms with Gasteiger partial charge in [-0.3, -0.25) is 0 Å². The number of fused-ring (bicyclic) bond motifs is 3. The Bertz CT molecular complexity index is 1500. The Kier molecular flexibility index (Phi) is 4.64. The van der Waals surface area contributed by atoms with Crippen molar-refractivity contribution in [3.8, 4) is 16.8 Å². The summed E-state index contributed by atoms with van der Waals surface area (Å²) in [4.78, 5) is 10.2. The van der Waals surface area contributed by atoms with E-state index in [-0.39, 0.29) is 0 Å². The summed E-state index contributed by atoms with van der Waals surface area (Å²) in [5, 5.41) is 6.91. The Morgan fingerprint density at radius 1 is 0.818 bits per heavy atom. The van der Waals surface area contributed by atoms with E-state index in [9.17, 15) is 0 Å². The second kappa shape index (κ2) is 7.69. The van der Waals surface area contributed by atoms with Crippen LogP contribution in [0.3, 0.4) is 0 Å². The van der Waals surface area contributed by atoms with Crippen LogP contribution in [-0.2, 0) is 12.8 Å². The number of anilines is 1. The highest BCUT2D eigenvalue weighted by Crippen LogP contribution is 2.41. The number of nitrogens with two attached hydrogens (primary N) is 1. The normalized spacial score (nSPS) is 13.9. The summed E-state index contributed by atoms with van der Waals surface area (Å²) in [7, 11) is 0. The molecule has 1 aliphatic rings. The van der Waals surface area contributed by atoms with Gasteiger partial charge < -0.3 is 5.73 Å². The maximum atomic E-state index is 6.93. The SMILES string of the molecule is Cc1ccc(-c2c3c(N)c4c(nc3nc3c2c(C)nn3-c2ccccc2)CCCCC4)cc1. The van der Waals surface area contributed by atoms with Gasteiger partial charge >= 0.3 is 0 Å². The van der Waals surface area contributed by atoms with E-state index >= 15 is 0 Å². The van der Waals surface area contributed by atoms with Crippen molar-refractivity contribution in [1.29, 1.82) is 0 Å². The first-order valence-corrected chi connectivity index (χ1v) is 11.7. The van der Waals surface area contributed by atoms with Crippen LogP contribution in [0, 0.1) is 13.8 Å². The number of para-hydroxylation sites is 1. The topological polar surface area (TPSA) is 69.6 Å². The quantitative estimate of drug-likeness (QED) is 0.341. The molecule has 0 unspecified atom stereocenters. The molecule has 6 rings (SSSR count). The van der Waals surface area contributed by atoms with Gasteiger partial charge in [0.15, 0.2) is 11.3 Å². The molecule has 0 amide bonds. The van der Waals surface area contributed by atoms with Crippen molar-refractivity contribution >= 4 is 27.8 Å². The standard InChI is InChI=1S/C28H27N5/c1-17-13-15-19(16-14-17)24-23-18(2)32-33(20-9-5-3-6-10-20)28(23)31-27-25(24)26(29)21-11-7-4-8-12-22(21)30-27/h3,5-6,9-10,13-16H,4,7-8,11-12H2,1-2H3,(H2,29,30,31). The fraction of sp³-hybridized carbons (Fsp3) is 0.250. The molecule has 33 heavy (non-hydrogen) atoms. The largest absolute Gasteiger partial charge is 0.398 e. The average Bonchev–Trinajstić information content (AvgIpc) is 2.99. The summed E-state index contributed by atoms with van der Waals surface area (Å²) in [5.74, 6) is 0. The summed E-state index contributed by atoms with van der Waals surface area (Å²) >= 11 is 0. The summed E-state index contributed by atoms with van der Waals surface area (Å²) in [6, 6.07) is 18.8. The Morgan fingerprint density at radius 2 is 1.58 bits per heavy atom. The number of benzene rings is 2. The number of hydrogen-bond acceptors (Lipinski definition) is 4. The second-order valence-electron chi connectivity index (χ2n) is 9.09. The zero-order chi connectivity index (χ0) is 22.5. The Morgan fingerprint density at radius 3 is 2.36 bits per heavy atom. The molecule has 164 valence electrons. The molecule has 0 aliphatic heterocycles. The number of aryl methyl sites for hydroxylation is 3. The molecule has 0 fully saturated rings. The third-order valence-electron chi connectivity index (χ3n) is 6.84. The number of pyridine rings is 2. The molecule has 3 aromatic heterocycles. The number of nitrogen functional groups attached to an aromatic ring is 1. The predicted molar refractivity (Wildman–Crippen MR) is 135 cm³/mol. The van der Waals surface area contributed by atoms with Crippen LogP contribution < -0.4 is 5.73 Å². The van der Waals surface area contributed by atoms with Gasteiger partial charge in [0, 0.05) is 16.9 Å². The molecule has 2 N–H and O–H groups in total. The zero-order valence-electron chi connectivity index (χ0n) is 19.1. The van der Waals surface area contributed by atoms with Gasteiger partial charge in [0.1, 0.15) is 0 Å². The highest BCUT2D eigenvalue weighted by atomic mass is 15.3. The molecule has 5 aromatic rings. The maximum Gasteiger partial charge on any atom is 0.166 e. The van der Waals surface area contributed by atoms with E-state index < -0.39 is 0 Å². The zero-order valence-corrected chi connectivity index (χ0v) is 19.1. The lowest BCUT2D eigenvalue weighted by atomic mass is 9.94. The van der Waals surface area contributed by atoms with Gasteiger partial charge in [-0.1, -0.05) is 54.4 Å². The Balaban J connectivity index is 1.78. The van der Waals surface area contributed by atoms with Crippen molar-refractivity contribution in [2.45, 2.75) is 46.0 Å². The Labute approximate surface area is 193 Å². The predicted octanol–water partition coefficient (Wildman–Crippen LogP) is 6.10. The van der Waals surface area contributed by atoms with Crippen LogP contribution in [0.4, 0.5) is 5.69 Å². The van der Waals surface area contributed by atoms with Gasteiger partial charge in [-0.15, -0.1) is 0 Å². The van der Waals surface area contributed by atoms with Crippen molar-refractivity contribution in [3.63, 3.8) is 0 Å². The minimum Gasteiger partial charge on any atom is -0.398 e. The van der Waals surface area contributed by atoms with Crippen LogP contribution in [0.25, 0.3) is 38.9 Å². The summed E-state index contributed by atoms with van der Waals surface area (Å²) in [5.41, 5.74) is 17.0. The molecule has 0 saturated carbocycles. The molecule has 0 radical (unpaired) electrons. The molecule has 0 saturated heterocycles. The first-order chi connectivity index (χ1) is 16.1. The van der Waals surface area contributed by atoms with Crippen LogP contribution >= 0.6 is 0 Å². The van der Waals surface area contributed by atoms with Crippen molar-refractivity contribution in [2.24, 2.45) is 0 Å².